The fraction of sp³-hybridized carbons (Fsp3) is 0.423. The number of fused-ring (bicyclic) bond motifs is 1. The average Bonchev–Trinajstić information content (AvgIpc) is 2.84. The Labute approximate surface area is 198 Å². The van der Waals surface area contributed by atoms with Gasteiger partial charge in [0.15, 0.2) is 0 Å². The summed E-state index contributed by atoms with van der Waals surface area (Å²) in [5.41, 5.74) is 2.07. The molecule has 2 heterocycles. The first-order chi connectivity index (χ1) is 16.4. The van der Waals surface area contributed by atoms with Gasteiger partial charge in [0.1, 0.15) is 0 Å². The molecule has 0 spiro atoms. The molecule has 3 aromatic rings. The van der Waals surface area contributed by atoms with Crippen LogP contribution < -0.4 is 16.1 Å². The second kappa shape index (κ2) is 10.3. The van der Waals surface area contributed by atoms with Crippen LogP contribution in [0, 0.1) is 5.92 Å². The highest BCUT2D eigenvalue weighted by molar-refractivity contribution is 5.77. The van der Waals surface area contributed by atoms with Crippen LogP contribution in [-0.2, 0) is 16.1 Å². The molecule has 4 rings (SSSR count). The molecule has 0 saturated carbocycles. The molecule has 1 saturated heterocycles. The van der Waals surface area contributed by atoms with Gasteiger partial charge in [0, 0.05) is 45.3 Å². The van der Waals surface area contributed by atoms with Gasteiger partial charge in [-0.25, -0.2) is 4.79 Å². The Morgan fingerprint density at radius 1 is 1.09 bits per heavy atom. The topological polar surface area (TPSA) is 87.6 Å². The van der Waals surface area contributed by atoms with Crippen molar-refractivity contribution in [2.45, 2.75) is 25.8 Å². The summed E-state index contributed by atoms with van der Waals surface area (Å²) in [6.07, 6.45) is 0.789. The number of para-hydroxylation sites is 2. The Balaban J connectivity index is 1.55. The molecule has 8 nitrogen and oxygen atoms in total. The Kier molecular flexibility index (Phi) is 7.17. The summed E-state index contributed by atoms with van der Waals surface area (Å²) in [5, 5.41) is 0.491. The number of ether oxygens (including phenoxy) is 1. The third-order valence-corrected chi connectivity index (χ3v) is 6.63. The van der Waals surface area contributed by atoms with Gasteiger partial charge >= 0.3 is 11.7 Å². The van der Waals surface area contributed by atoms with Gasteiger partial charge < -0.3 is 19.5 Å². The van der Waals surface area contributed by atoms with Crippen molar-refractivity contribution in [3.8, 4) is 0 Å². The number of likely N-dealkylation sites (tertiary alicyclic amines) is 1. The summed E-state index contributed by atoms with van der Waals surface area (Å²) in [5.74, 6) is -0.478. The number of aromatic nitrogens is 2. The monoisotopic (exact) mass is 464 g/mol. The summed E-state index contributed by atoms with van der Waals surface area (Å²) in [7, 11) is 4.01. The summed E-state index contributed by atoms with van der Waals surface area (Å²) >= 11 is 0. The first-order valence-corrected chi connectivity index (χ1v) is 11.8. The van der Waals surface area contributed by atoms with Crippen molar-refractivity contribution in [2.75, 3.05) is 45.2 Å². The second-order valence-electron chi connectivity index (χ2n) is 8.94. The number of hydrogen-bond acceptors (Lipinski definition) is 6. The van der Waals surface area contributed by atoms with Gasteiger partial charge in [-0.05, 0) is 43.7 Å². The largest absolute Gasteiger partial charge is 0.466 e. The molecule has 0 bridgehead atoms. The van der Waals surface area contributed by atoms with Crippen molar-refractivity contribution in [3.05, 3.63) is 74.9 Å². The Bertz CT molecular complexity index is 1280. The predicted octanol–water partition coefficient (Wildman–Crippen LogP) is 2.42. The predicted molar refractivity (Wildman–Crippen MR) is 134 cm³/mol. The van der Waals surface area contributed by atoms with E-state index in [1.165, 1.54) is 4.57 Å². The normalized spacial score (nSPS) is 18.7. The number of aromatic amines is 1. The van der Waals surface area contributed by atoms with Crippen LogP contribution in [0.4, 0.5) is 5.69 Å². The highest BCUT2D eigenvalue weighted by Crippen LogP contribution is 2.38. The fourth-order valence-electron chi connectivity index (χ4n) is 4.93. The van der Waals surface area contributed by atoms with Crippen LogP contribution in [0.15, 0.2) is 58.1 Å². The number of H-pyrrole nitrogens is 1. The fourth-order valence-corrected chi connectivity index (χ4v) is 4.93. The van der Waals surface area contributed by atoms with Gasteiger partial charge in [0.2, 0.25) is 0 Å². The van der Waals surface area contributed by atoms with E-state index in [1.54, 1.807) is 24.3 Å². The SMILES string of the molecule is CCOC(=O)[C@H]1CN(CCn2c(=O)[nH]c3ccccc3c2=O)CC[C@H]1c1ccccc1N(C)C. The molecule has 1 aromatic heterocycles. The number of piperidine rings is 1. The molecule has 0 amide bonds. The smallest absolute Gasteiger partial charge is 0.328 e. The molecule has 1 fully saturated rings. The lowest BCUT2D eigenvalue weighted by atomic mass is 9.79. The quantitative estimate of drug-likeness (QED) is 0.541. The summed E-state index contributed by atoms with van der Waals surface area (Å²) in [6.45, 7) is 4.19. The van der Waals surface area contributed by atoms with Crippen LogP contribution >= 0.6 is 0 Å². The molecule has 2 aromatic carbocycles. The van der Waals surface area contributed by atoms with Crippen molar-refractivity contribution >= 4 is 22.6 Å². The van der Waals surface area contributed by atoms with Gasteiger partial charge in [-0.3, -0.25) is 14.2 Å². The van der Waals surface area contributed by atoms with Gasteiger partial charge in [-0.1, -0.05) is 30.3 Å². The van der Waals surface area contributed by atoms with E-state index >= 15 is 0 Å². The Hall–Kier alpha value is -3.39. The Morgan fingerprint density at radius 3 is 2.59 bits per heavy atom. The minimum atomic E-state index is -0.416. The van der Waals surface area contributed by atoms with Crippen molar-refractivity contribution in [3.63, 3.8) is 0 Å². The van der Waals surface area contributed by atoms with E-state index < -0.39 is 5.69 Å². The molecule has 8 heteroatoms. The maximum atomic E-state index is 13.0. The average molecular weight is 465 g/mol. The minimum Gasteiger partial charge on any atom is -0.466 e. The minimum absolute atomic E-state index is 0.0423. The number of hydrogen-bond donors (Lipinski definition) is 1. The number of esters is 1. The molecule has 0 unspecified atom stereocenters. The second-order valence-corrected chi connectivity index (χ2v) is 8.94. The third-order valence-electron chi connectivity index (χ3n) is 6.63. The van der Waals surface area contributed by atoms with Crippen molar-refractivity contribution in [1.82, 2.24) is 14.5 Å². The lowest BCUT2D eigenvalue weighted by Crippen LogP contribution is -2.46. The number of anilines is 1. The zero-order chi connectivity index (χ0) is 24.2. The van der Waals surface area contributed by atoms with Crippen molar-refractivity contribution in [2.24, 2.45) is 5.92 Å². The molecule has 1 N–H and O–H groups in total. The maximum absolute atomic E-state index is 13.0. The first-order valence-electron chi connectivity index (χ1n) is 11.8. The number of nitrogens with one attached hydrogen (secondary N) is 1. The van der Waals surface area contributed by atoms with Crippen molar-refractivity contribution in [1.29, 1.82) is 0 Å². The molecule has 2 atom stereocenters. The molecular formula is C26H32N4O4. The number of rotatable bonds is 7. The third kappa shape index (κ3) is 4.77. The number of benzene rings is 2. The molecular weight excluding hydrogens is 432 g/mol. The van der Waals surface area contributed by atoms with E-state index in [2.05, 4.69) is 26.9 Å². The van der Waals surface area contributed by atoms with Crippen LogP contribution in [0.1, 0.15) is 24.8 Å². The van der Waals surface area contributed by atoms with Crippen LogP contribution in [-0.4, -0.2) is 60.8 Å². The highest BCUT2D eigenvalue weighted by Gasteiger charge is 2.37. The zero-order valence-corrected chi connectivity index (χ0v) is 20.0. The summed E-state index contributed by atoms with van der Waals surface area (Å²) in [6, 6.07) is 15.2. The lowest BCUT2D eigenvalue weighted by molar-refractivity contribution is -0.150. The number of carbonyl (C=O) groups is 1. The summed E-state index contributed by atoms with van der Waals surface area (Å²) < 4.78 is 6.69. The van der Waals surface area contributed by atoms with Crippen LogP contribution in [0.3, 0.4) is 0 Å². The van der Waals surface area contributed by atoms with Crippen LogP contribution in [0.5, 0.6) is 0 Å². The number of nitrogens with zero attached hydrogens (tertiary/aromatic N) is 3. The van der Waals surface area contributed by atoms with E-state index in [9.17, 15) is 14.4 Å². The lowest BCUT2D eigenvalue weighted by Gasteiger charge is -2.38. The number of carbonyl (C=O) groups excluding carboxylic acids is 1. The standard InChI is InChI=1S/C26H32N4O4/c1-4-34-25(32)21-17-29(14-13-18(21)19-9-6-8-12-23(19)28(2)3)15-16-30-24(31)20-10-5-7-11-22(20)27-26(30)33/h5-12,18,21H,4,13-17H2,1-3H3,(H,27,33)/t18-,21-/m0/s1. The Morgan fingerprint density at radius 2 is 1.82 bits per heavy atom. The van der Waals surface area contributed by atoms with Gasteiger partial charge in [-0.2, -0.15) is 0 Å². The van der Waals surface area contributed by atoms with Crippen LogP contribution in [0.25, 0.3) is 10.9 Å². The first kappa shape index (κ1) is 23.8. The van der Waals surface area contributed by atoms with E-state index in [0.29, 0.717) is 30.6 Å². The van der Waals surface area contributed by atoms with E-state index in [4.69, 9.17) is 4.74 Å². The van der Waals surface area contributed by atoms with E-state index in [0.717, 1.165) is 24.2 Å². The van der Waals surface area contributed by atoms with Crippen LogP contribution in [0.2, 0.25) is 0 Å². The molecule has 34 heavy (non-hydrogen) atoms. The van der Waals surface area contributed by atoms with Gasteiger partial charge in [-0.15, -0.1) is 0 Å². The maximum Gasteiger partial charge on any atom is 0.328 e. The molecule has 1 aliphatic heterocycles. The van der Waals surface area contributed by atoms with Crippen molar-refractivity contribution < 1.29 is 9.53 Å². The molecule has 0 aliphatic carbocycles. The van der Waals surface area contributed by atoms with E-state index in [-0.39, 0.29) is 29.9 Å². The zero-order valence-electron chi connectivity index (χ0n) is 20.0. The van der Waals surface area contributed by atoms with Gasteiger partial charge in [0.25, 0.3) is 5.56 Å². The molecule has 1 aliphatic rings. The van der Waals surface area contributed by atoms with E-state index in [1.807, 2.05) is 33.2 Å². The highest BCUT2D eigenvalue weighted by atomic mass is 16.5. The van der Waals surface area contributed by atoms with Gasteiger partial charge in [0.05, 0.1) is 23.4 Å². The summed E-state index contributed by atoms with van der Waals surface area (Å²) in [4.78, 5) is 45.4. The molecule has 0 radical (unpaired) electrons. The molecule has 180 valence electrons.